The van der Waals surface area contributed by atoms with Crippen molar-refractivity contribution in [3.63, 3.8) is 0 Å². The topological polar surface area (TPSA) is 16.1 Å². The van der Waals surface area contributed by atoms with E-state index in [0.29, 0.717) is 11.1 Å². The third kappa shape index (κ3) is 2.45. The summed E-state index contributed by atoms with van der Waals surface area (Å²) in [7, 11) is 0. The van der Waals surface area contributed by atoms with Crippen LogP contribution in [-0.2, 0) is 0 Å². The predicted octanol–water partition coefficient (Wildman–Crippen LogP) is 3.88. The Morgan fingerprint density at radius 1 is 1.53 bits per heavy atom. The van der Waals surface area contributed by atoms with Crippen LogP contribution in [0.2, 0.25) is 5.02 Å². The number of hydrogen-bond acceptors (Lipinski definition) is 2. The molecule has 0 spiro atoms. The molecular formula is C11H14BrClN2. The first-order chi connectivity index (χ1) is 7.18. The van der Waals surface area contributed by atoms with Gasteiger partial charge >= 0.3 is 0 Å². The molecule has 0 N–H and O–H groups in total. The highest BCUT2D eigenvalue weighted by Crippen LogP contribution is 2.30. The van der Waals surface area contributed by atoms with E-state index < -0.39 is 0 Å². The summed E-state index contributed by atoms with van der Waals surface area (Å²) in [6, 6.07) is 2.48. The van der Waals surface area contributed by atoms with Gasteiger partial charge in [0.05, 0.1) is 9.50 Å². The fourth-order valence-corrected chi connectivity index (χ4v) is 2.90. The molecular weight excluding hydrogens is 275 g/mol. The highest BCUT2D eigenvalue weighted by molar-refractivity contribution is 9.10. The lowest BCUT2D eigenvalue weighted by Gasteiger charge is -2.34. The van der Waals surface area contributed by atoms with E-state index in [2.05, 4.69) is 32.7 Å². The molecule has 1 aliphatic heterocycles. The molecule has 1 atom stereocenters. The van der Waals surface area contributed by atoms with Gasteiger partial charge in [0, 0.05) is 18.8 Å². The fraction of sp³-hybridized carbons (Fsp3) is 0.545. The van der Waals surface area contributed by atoms with Gasteiger partial charge in [-0.05, 0) is 48.2 Å². The molecule has 0 aromatic carbocycles. The van der Waals surface area contributed by atoms with Crippen molar-refractivity contribution >= 4 is 33.3 Å². The van der Waals surface area contributed by atoms with Gasteiger partial charge in [0.2, 0.25) is 0 Å². The second kappa shape index (κ2) is 4.71. The molecule has 1 fully saturated rings. The summed E-state index contributed by atoms with van der Waals surface area (Å²) in [5.74, 6) is 1.02. The number of piperidine rings is 1. The van der Waals surface area contributed by atoms with Crippen LogP contribution in [0.15, 0.2) is 16.7 Å². The summed E-state index contributed by atoms with van der Waals surface area (Å²) in [5, 5.41) is 0.676. The molecule has 0 saturated carbocycles. The second-order valence-corrected chi connectivity index (χ2v) is 5.29. The number of nitrogens with zero attached hydrogens (tertiary/aromatic N) is 2. The standard InChI is InChI=1S/C11H14BrClN2/c1-8-4-2-3-5-15(8)11-10(12)6-9(13)7-14-11/h6-8H,2-5H2,1H3. The molecule has 1 unspecified atom stereocenters. The first-order valence-electron chi connectivity index (χ1n) is 5.26. The van der Waals surface area contributed by atoms with Crippen LogP contribution in [0.1, 0.15) is 26.2 Å². The minimum absolute atomic E-state index is 0.573. The molecule has 0 amide bonds. The Hall–Kier alpha value is -0.280. The van der Waals surface area contributed by atoms with Crippen molar-refractivity contribution in [1.29, 1.82) is 0 Å². The second-order valence-electron chi connectivity index (χ2n) is 4.00. The molecule has 4 heteroatoms. The highest BCUT2D eigenvalue weighted by atomic mass is 79.9. The maximum absolute atomic E-state index is 5.88. The van der Waals surface area contributed by atoms with Gasteiger partial charge in [0.15, 0.2) is 0 Å². The molecule has 0 radical (unpaired) electrons. The normalized spacial score (nSPS) is 21.8. The number of pyridine rings is 1. The lowest BCUT2D eigenvalue weighted by molar-refractivity contribution is 0.480. The summed E-state index contributed by atoms with van der Waals surface area (Å²) < 4.78 is 0.990. The van der Waals surface area contributed by atoms with E-state index in [9.17, 15) is 0 Å². The first kappa shape index (κ1) is 11.2. The Labute approximate surface area is 104 Å². The summed E-state index contributed by atoms with van der Waals surface area (Å²) in [6.45, 7) is 3.34. The van der Waals surface area contributed by atoms with Gasteiger partial charge in [-0.3, -0.25) is 0 Å². The van der Waals surface area contributed by atoms with Crippen LogP contribution >= 0.6 is 27.5 Å². The third-order valence-electron chi connectivity index (χ3n) is 2.86. The SMILES string of the molecule is CC1CCCCN1c1ncc(Cl)cc1Br. The van der Waals surface area contributed by atoms with E-state index in [0.717, 1.165) is 16.8 Å². The molecule has 1 aromatic rings. The number of halogens is 2. The van der Waals surface area contributed by atoms with Gasteiger partial charge in [0.25, 0.3) is 0 Å². The van der Waals surface area contributed by atoms with Crippen molar-refractivity contribution in [2.75, 3.05) is 11.4 Å². The van der Waals surface area contributed by atoms with E-state index in [1.165, 1.54) is 19.3 Å². The zero-order valence-corrected chi connectivity index (χ0v) is 11.1. The van der Waals surface area contributed by atoms with E-state index in [4.69, 9.17) is 11.6 Å². The van der Waals surface area contributed by atoms with E-state index in [1.807, 2.05) is 6.07 Å². The smallest absolute Gasteiger partial charge is 0.143 e. The van der Waals surface area contributed by atoms with Crippen LogP contribution in [0.25, 0.3) is 0 Å². The van der Waals surface area contributed by atoms with Gasteiger partial charge in [-0.15, -0.1) is 0 Å². The molecule has 2 heterocycles. The molecule has 1 aromatic heterocycles. The largest absolute Gasteiger partial charge is 0.353 e. The van der Waals surface area contributed by atoms with Crippen LogP contribution in [0.3, 0.4) is 0 Å². The summed E-state index contributed by atoms with van der Waals surface area (Å²) in [5.41, 5.74) is 0. The molecule has 2 rings (SSSR count). The fourth-order valence-electron chi connectivity index (χ4n) is 2.03. The average Bonchev–Trinajstić information content (AvgIpc) is 2.20. The van der Waals surface area contributed by atoms with Crippen molar-refractivity contribution in [1.82, 2.24) is 4.98 Å². The molecule has 0 bridgehead atoms. The maximum atomic E-state index is 5.88. The lowest BCUT2D eigenvalue weighted by Crippen LogP contribution is -2.38. The average molecular weight is 290 g/mol. The van der Waals surface area contributed by atoms with Gasteiger partial charge in [-0.25, -0.2) is 4.98 Å². The Morgan fingerprint density at radius 3 is 3.00 bits per heavy atom. The minimum Gasteiger partial charge on any atom is -0.353 e. The number of aromatic nitrogens is 1. The summed E-state index contributed by atoms with van der Waals surface area (Å²) >= 11 is 9.40. The van der Waals surface area contributed by atoms with E-state index in [-0.39, 0.29) is 0 Å². The molecule has 2 nitrogen and oxygen atoms in total. The Morgan fingerprint density at radius 2 is 2.33 bits per heavy atom. The molecule has 0 aliphatic carbocycles. The van der Waals surface area contributed by atoms with Crippen molar-refractivity contribution in [2.45, 2.75) is 32.2 Å². The predicted molar refractivity (Wildman–Crippen MR) is 67.6 cm³/mol. The molecule has 1 saturated heterocycles. The maximum Gasteiger partial charge on any atom is 0.143 e. The van der Waals surface area contributed by atoms with Gasteiger partial charge in [0.1, 0.15) is 5.82 Å². The monoisotopic (exact) mass is 288 g/mol. The number of anilines is 1. The van der Waals surface area contributed by atoms with Crippen LogP contribution in [-0.4, -0.2) is 17.6 Å². The van der Waals surface area contributed by atoms with Crippen LogP contribution in [0.4, 0.5) is 5.82 Å². The van der Waals surface area contributed by atoms with Crippen LogP contribution in [0.5, 0.6) is 0 Å². The Balaban J connectivity index is 2.27. The molecule has 15 heavy (non-hydrogen) atoms. The van der Waals surface area contributed by atoms with Crippen molar-refractivity contribution in [3.8, 4) is 0 Å². The van der Waals surface area contributed by atoms with Crippen molar-refractivity contribution < 1.29 is 0 Å². The minimum atomic E-state index is 0.573. The van der Waals surface area contributed by atoms with Crippen LogP contribution in [0, 0.1) is 0 Å². The molecule has 1 aliphatic rings. The van der Waals surface area contributed by atoms with E-state index in [1.54, 1.807) is 6.20 Å². The van der Waals surface area contributed by atoms with E-state index >= 15 is 0 Å². The van der Waals surface area contributed by atoms with Gasteiger partial charge < -0.3 is 4.90 Å². The Bertz CT molecular complexity index is 356. The van der Waals surface area contributed by atoms with Crippen molar-refractivity contribution in [2.24, 2.45) is 0 Å². The summed E-state index contributed by atoms with van der Waals surface area (Å²) in [6.07, 6.45) is 5.53. The van der Waals surface area contributed by atoms with Crippen LogP contribution < -0.4 is 4.90 Å². The van der Waals surface area contributed by atoms with Gasteiger partial charge in [-0.2, -0.15) is 0 Å². The highest BCUT2D eigenvalue weighted by Gasteiger charge is 2.21. The Kier molecular flexibility index (Phi) is 3.52. The summed E-state index contributed by atoms with van der Waals surface area (Å²) in [4.78, 5) is 6.75. The zero-order chi connectivity index (χ0) is 10.8. The number of rotatable bonds is 1. The third-order valence-corrected chi connectivity index (χ3v) is 3.65. The lowest BCUT2D eigenvalue weighted by atomic mass is 10.0. The molecule has 82 valence electrons. The van der Waals surface area contributed by atoms with Gasteiger partial charge in [-0.1, -0.05) is 11.6 Å². The first-order valence-corrected chi connectivity index (χ1v) is 6.43. The quantitative estimate of drug-likeness (QED) is 0.780. The van der Waals surface area contributed by atoms with Crippen molar-refractivity contribution in [3.05, 3.63) is 21.8 Å². The zero-order valence-electron chi connectivity index (χ0n) is 8.71. The number of hydrogen-bond donors (Lipinski definition) is 0.